The van der Waals surface area contributed by atoms with Gasteiger partial charge >= 0.3 is 0 Å². The number of hydrogen-bond donors (Lipinski definition) is 0. The Balaban J connectivity index is 2.39. The van der Waals surface area contributed by atoms with Gasteiger partial charge in [-0.15, -0.1) is 23.2 Å². The third-order valence-electron chi connectivity index (χ3n) is 4.89. The van der Waals surface area contributed by atoms with E-state index in [0.29, 0.717) is 5.57 Å². The summed E-state index contributed by atoms with van der Waals surface area (Å²) in [7, 11) is 2.65. The summed E-state index contributed by atoms with van der Waals surface area (Å²) < 4.78 is 11.0. The van der Waals surface area contributed by atoms with E-state index in [4.69, 9.17) is 55.9 Å². The van der Waals surface area contributed by atoms with Gasteiger partial charge in [0.1, 0.15) is 9.75 Å². The van der Waals surface area contributed by atoms with E-state index in [1.54, 1.807) is 6.92 Å². The normalized spacial score (nSPS) is 42.8. The predicted octanol–water partition coefficient (Wildman–Crippen LogP) is 2.98. The van der Waals surface area contributed by atoms with Crippen LogP contribution >= 0.6 is 46.4 Å². The number of ether oxygens (including phenoxy) is 2. The van der Waals surface area contributed by atoms with Gasteiger partial charge in [0, 0.05) is 14.2 Å². The van der Waals surface area contributed by atoms with Crippen molar-refractivity contribution in [3.63, 3.8) is 0 Å². The van der Waals surface area contributed by atoms with Gasteiger partial charge in [-0.25, -0.2) is 0 Å². The van der Waals surface area contributed by atoms with E-state index < -0.39 is 27.4 Å². The van der Waals surface area contributed by atoms with Crippen molar-refractivity contribution in [3.8, 4) is 0 Å². The van der Waals surface area contributed by atoms with E-state index in [9.17, 15) is 9.59 Å². The second kappa shape index (κ2) is 4.71. The SMILES string of the molecule is COC1(OC)C2(Cl)C(Cl)=C(Cl)C1(Cl)C1C(=O)C(C)=CC(=O)C12. The van der Waals surface area contributed by atoms with E-state index in [1.807, 2.05) is 0 Å². The standard InChI is InChI=1S/C14H12Cl4O4/c1-5-4-6(19)7-8(9(5)20)13(18)11(16)10(15)12(7,17)14(13,21-2)22-3/h4,7-8H,1-3H3. The maximum atomic E-state index is 12.7. The highest BCUT2D eigenvalue weighted by Crippen LogP contribution is 2.74. The van der Waals surface area contributed by atoms with Gasteiger partial charge in [-0.1, -0.05) is 23.2 Å². The van der Waals surface area contributed by atoms with Gasteiger partial charge in [0.05, 0.1) is 21.9 Å². The summed E-state index contributed by atoms with van der Waals surface area (Å²) in [6.07, 6.45) is 1.25. The number of hydrogen-bond acceptors (Lipinski definition) is 4. The van der Waals surface area contributed by atoms with Crippen LogP contribution < -0.4 is 0 Å². The number of ketones is 2. The van der Waals surface area contributed by atoms with Crippen molar-refractivity contribution in [2.45, 2.75) is 22.5 Å². The van der Waals surface area contributed by atoms with Gasteiger partial charge in [0.2, 0.25) is 5.79 Å². The molecule has 0 saturated heterocycles. The fourth-order valence-corrected chi connectivity index (χ4v) is 6.19. The molecule has 8 heteroatoms. The number of methoxy groups -OCH3 is 2. The molecule has 3 aliphatic carbocycles. The summed E-state index contributed by atoms with van der Waals surface area (Å²) in [6.45, 7) is 1.55. The number of carbonyl (C=O) groups is 2. The Morgan fingerprint density at radius 2 is 1.45 bits per heavy atom. The zero-order valence-corrected chi connectivity index (χ0v) is 14.9. The Labute approximate surface area is 147 Å². The molecule has 4 atom stereocenters. The van der Waals surface area contributed by atoms with Crippen molar-refractivity contribution in [2.75, 3.05) is 14.2 Å². The maximum Gasteiger partial charge on any atom is 0.218 e. The summed E-state index contributed by atoms with van der Waals surface area (Å²) in [5.74, 6) is -4.39. The molecule has 3 aliphatic rings. The summed E-state index contributed by atoms with van der Waals surface area (Å²) in [5, 5.41) is -0.0449. The molecular weight excluding hydrogens is 374 g/mol. The molecule has 120 valence electrons. The largest absolute Gasteiger partial charge is 0.350 e. The minimum absolute atomic E-state index is 0.0216. The maximum absolute atomic E-state index is 12.7. The fourth-order valence-electron chi connectivity index (χ4n) is 4.00. The summed E-state index contributed by atoms with van der Waals surface area (Å²) in [6, 6.07) is 0. The van der Waals surface area contributed by atoms with Crippen LogP contribution in [0.1, 0.15) is 6.92 Å². The van der Waals surface area contributed by atoms with Crippen molar-refractivity contribution in [3.05, 3.63) is 21.7 Å². The zero-order chi connectivity index (χ0) is 16.7. The minimum Gasteiger partial charge on any atom is -0.350 e. The van der Waals surface area contributed by atoms with Crippen LogP contribution in [0.15, 0.2) is 21.7 Å². The van der Waals surface area contributed by atoms with Gasteiger partial charge in [0.15, 0.2) is 11.6 Å². The Morgan fingerprint density at radius 1 is 1.00 bits per heavy atom. The molecule has 22 heavy (non-hydrogen) atoms. The summed E-state index contributed by atoms with van der Waals surface area (Å²) in [4.78, 5) is 21.9. The van der Waals surface area contributed by atoms with Gasteiger partial charge in [-0.2, -0.15) is 0 Å². The molecule has 0 spiro atoms. The van der Waals surface area contributed by atoms with Crippen LogP contribution in [0.5, 0.6) is 0 Å². The first-order chi connectivity index (χ1) is 10.1. The topological polar surface area (TPSA) is 52.6 Å². The first-order valence-corrected chi connectivity index (χ1v) is 7.97. The highest BCUT2D eigenvalue weighted by Gasteiger charge is 2.87. The van der Waals surface area contributed by atoms with Crippen LogP contribution in [0.25, 0.3) is 0 Å². The van der Waals surface area contributed by atoms with Crippen LogP contribution in [-0.2, 0) is 19.1 Å². The quantitative estimate of drug-likeness (QED) is 0.541. The van der Waals surface area contributed by atoms with Gasteiger partial charge < -0.3 is 9.47 Å². The monoisotopic (exact) mass is 384 g/mol. The number of Topliss-reactive ketones (excluding diaryl/α,β-unsaturated/α-hetero) is 1. The molecule has 1 fully saturated rings. The molecule has 0 aromatic carbocycles. The molecule has 0 aliphatic heterocycles. The van der Waals surface area contributed by atoms with Crippen molar-refractivity contribution >= 4 is 58.0 Å². The van der Waals surface area contributed by atoms with Crippen molar-refractivity contribution in [1.82, 2.24) is 0 Å². The van der Waals surface area contributed by atoms with Gasteiger partial charge in [0.25, 0.3) is 0 Å². The molecule has 0 radical (unpaired) electrons. The first-order valence-electron chi connectivity index (χ1n) is 6.45. The second-order valence-electron chi connectivity index (χ2n) is 5.63. The van der Waals surface area contributed by atoms with Crippen LogP contribution in [0, 0.1) is 11.8 Å². The van der Waals surface area contributed by atoms with Gasteiger partial charge in [-0.05, 0) is 18.6 Å². The smallest absolute Gasteiger partial charge is 0.218 e. The van der Waals surface area contributed by atoms with Gasteiger partial charge in [-0.3, -0.25) is 9.59 Å². The molecule has 1 saturated carbocycles. The Kier molecular flexibility index (Phi) is 3.59. The Hall–Kier alpha value is -0.100. The molecular formula is C14H12Cl4O4. The molecule has 4 unspecified atom stereocenters. The number of allylic oxidation sites excluding steroid dienone is 2. The Bertz CT molecular complexity index is 666. The first kappa shape index (κ1) is 16.7. The number of fused-ring (bicyclic) bond motifs is 5. The summed E-state index contributed by atoms with van der Waals surface area (Å²) >= 11 is 26.1. The number of carbonyl (C=O) groups excluding carboxylic acids is 2. The lowest BCUT2D eigenvalue weighted by molar-refractivity contribution is -0.220. The van der Waals surface area contributed by atoms with Crippen molar-refractivity contribution in [2.24, 2.45) is 11.8 Å². The lowest BCUT2D eigenvalue weighted by Gasteiger charge is -2.40. The van der Waals surface area contributed by atoms with E-state index in [1.165, 1.54) is 20.3 Å². The predicted molar refractivity (Wildman–Crippen MR) is 83.4 cm³/mol. The molecule has 0 heterocycles. The number of rotatable bonds is 2. The lowest BCUT2D eigenvalue weighted by atomic mass is 9.72. The van der Waals surface area contributed by atoms with E-state index in [0.717, 1.165) is 0 Å². The third-order valence-corrected chi connectivity index (χ3v) is 7.50. The zero-order valence-electron chi connectivity index (χ0n) is 11.9. The second-order valence-corrected chi connectivity index (χ2v) is 7.57. The lowest BCUT2D eigenvalue weighted by Crippen LogP contribution is -2.58. The third kappa shape index (κ3) is 1.38. The highest BCUT2D eigenvalue weighted by molar-refractivity contribution is 6.53. The molecule has 2 bridgehead atoms. The molecule has 3 rings (SSSR count). The Morgan fingerprint density at radius 3 is 1.91 bits per heavy atom. The number of alkyl halides is 2. The van der Waals surface area contributed by atoms with E-state index in [2.05, 4.69) is 0 Å². The summed E-state index contributed by atoms with van der Waals surface area (Å²) in [5.41, 5.74) is 0.292. The average molecular weight is 386 g/mol. The minimum atomic E-state index is -1.73. The molecule has 0 aromatic rings. The van der Waals surface area contributed by atoms with E-state index >= 15 is 0 Å². The molecule has 0 aromatic heterocycles. The molecule has 0 amide bonds. The molecule has 0 N–H and O–H groups in total. The van der Waals surface area contributed by atoms with Crippen LogP contribution in [0.2, 0.25) is 0 Å². The van der Waals surface area contributed by atoms with Crippen LogP contribution in [-0.4, -0.2) is 41.3 Å². The van der Waals surface area contributed by atoms with Crippen LogP contribution in [0.4, 0.5) is 0 Å². The highest BCUT2D eigenvalue weighted by atomic mass is 35.5. The van der Waals surface area contributed by atoms with Crippen LogP contribution in [0.3, 0.4) is 0 Å². The average Bonchev–Trinajstić information content (AvgIpc) is 2.73. The fraction of sp³-hybridized carbons (Fsp3) is 0.571. The van der Waals surface area contributed by atoms with E-state index in [-0.39, 0.29) is 21.6 Å². The van der Waals surface area contributed by atoms with Crippen molar-refractivity contribution in [1.29, 1.82) is 0 Å². The van der Waals surface area contributed by atoms with Crippen molar-refractivity contribution < 1.29 is 19.1 Å². The number of halogens is 4. The molecule has 4 nitrogen and oxygen atoms in total.